The lowest BCUT2D eigenvalue weighted by Crippen LogP contribution is -2.39. The maximum absolute atomic E-state index is 13.3. The number of hydrogen-bond acceptors (Lipinski definition) is 4. The van der Waals surface area contributed by atoms with Gasteiger partial charge in [-0.05, 0) is 79.5 Å². The number of urea groups is 1. The van der Waals surface area contributed by atoms with Gasteiger partial charge in [0.2, 0.25) is 0 Å². The molecule has 8 nitrogen and oxygen atoms in total. The van der Waals surface area contributed by atoms with Crippen molar-refractivity contribution in [3.05, 3.63) is 58.9 Å². The van der Waals surface area contributed by atoms with Crippen LogP contribution in [0.3, 0.4) is 0 Å². The Kier molecular flexibility index (Phi) is 8.08. The second kappa shape index (κ2) is 11.3. The summed E-state index contributed by atoms with van der Waals surface area (Å²) in [6.45, 7) is 0.694. The molecule has 1 aliphatic carbocycles. The van der Waals surface area contributed by atoms with Crippen molar-refractivity contribution in [1.82, 2.24) is 4.90 Å². The van der Waals surface area contributed by atoms with Gasteiger partial charge in [0.25, 0.3) is 0 Å². The van der Waals surface area contributed by atoms with Gasteiger partial charge in [-0.25, -0.2) is 14.0 Å². The number of halogens is 4. The molecule has 1 saturated carbocycles. The minimum atomic E-state index is -4.84. The Bertz CT molecular complexity index is 1210. The summed E-state index contributed by atoms with van der Waals surface area (Å²) in [4.78, 5) is 37.5. The van der Waals surface area contributed by atoms with E-state index < -0.39 is 41.3 Å². The predicted octanol–water partition coefficient (Wildman–Crippen LogP) is 6.02. The number of carbonyl (C=O) groups excluding carboxylic acids is 2. The van der Waals surface area contributed by atoms with E-state index in [4.69, 9.17) is 9.84 Å². The number of rotatable bonds is 5. The summed E-state index contributed by atoms with van der Waals surface area (Å²) in [5, 5.41) is 13.5. The number of carboxylic acids is 1. The summed E-state index contributed by atoms with van der Waals surface area (Å²) in [6.07, 6.45) is -2.22. The molecule has 3 N–H and O–H groups in total. The van der Waals surface area contributed by atoms with E-state index in [1.165, 1.54) is 0 Å². The monoisotopic (exact) mass is 537 g/mol. The van der Waals surface area contributed by atoms with Gasteiger partial charge in [0.15, 0.2) is 0 Å². The number of aliphatic carboxylic acids is 1. The number of carbonyl (C=O) groups is 3. The molecular formula is C26H27F4N3O5. The molecule has 0 spiro atoms. The molecule has 0 atom stereocenters. The highest BCUT2D eigenvalue weighted by molar-refractivity contribution is 6.00. The number of ether oxygens (including phenoxy) is 1. The summed E-state index contributed by atoms with van der Waals surface area (Å²) in [7, 11) is 0. The van der Waals surface area contributed by atoms with Crippen LogP contribution in [0.5, 0.6) is 0 Å². The minimum absolute atomic E-state index is 0.108. The standard InChI is InChI=1S/C26H27F4N3O5/c27-18-4-8-22(21(13-18)26(28,29)30)32-24(36)31-19-5-3-17-14-33(10-9-16(17)12-19)25(37)38-20-6-1-15(2-7-20)11-23(34)35/h3-5,8,12-13,15,20H,1-2,6-7,9-11,14H2,(H,34,35)(H2,31,32,36). The topological polar surface area (TPSA) is 108 Å². The van der Waals surface area contributed by atoms with Gasteiger partial charge in [-0.1, -0.05) is 6.07 Å². The Balaban J connectivity index is 1.31. The summed E-state index contributed by atoms with van der Waals surface area (Å²) >= 11 is 0. The molecule has 12 heteroatoms. The Morgan fingerprint density at radius 1 is 1.00 bits per heavy atom. The first kappa shape index (κ1) is 27.2. The zero-order valence-electron chi connectivity index (χ0n) is 20.3. The van der Waals surface area contributed by atoms with Crippen molar-refractivity contribution in [2.24, 2.45) is 5.92 Å². The summed E-state index contributed by atoms with van der Waals surface area (Å²) in [5.41, 5.74) is 0.212. The van der Waals surface area contributed by atoms with Gasteiger partial charge < -0.3 is 25.4 Å². The molecule has 3 amide bonds. The zero-order chi connectivity index (χ0) is 27.4. The van der Waals surface area contributed by atoms with Crippen molar-refractivity contribution in [3.8, 4) is 0 Å². The van der Waals surface area contributed by atoms with Crippen molar-refractivity contribution in [2.75, 3.05) is 17.2 Å². The van der Waals surface area contributed by atoms with Crippen LogP contribution >= 0.6 is 0 Å². The van der Waals surface area contributed by atoms with E-state index >= 15 is 0 Å². The molecule has 38 heavy (non-hydrogen) atoms. The molecule has 4 rings (SSSR count). The number of alkyl halides is 3. The molecule has 2 aliphatic rings. The fourth-order valence-electron chi connectivity index (χ4n) is 4.85. The number of hydrogen-bond donors (Lipinski definition) is 3. The van der Waals surface area contributed by atoms with Gasteiger partial charge in [-0.2, -0.15) is 13.2 Å². The van der Waals surface area contributed by atoms with Gasteiger partial charge >= 0.3 is 24.3 Å². The second-order valence-corrected chi connectivity index (χ2v) is 9.55. The van der Waals surface area contributed by atoms with Crippen molar-refractivity contribution >= 4 is 29.5 Å². The maximum Gasteiger partial charge on any atom is 0.418 e. The van der Waals surface area contributed by atoms with Crippen LogP contribution in [-0.2, 0) is 28.7 Å². The van der Waals surface area contributed by atoms with Crippen molar-refractivity contribution in [1.29, 1.82) is 0 Å². The van der Waals surface area contributed by atoms with Crippen LogP contribution < -0.4 is 10.6 Å². The largest absolute Gasteiger partial charge is 0.481 e. The van der Waals surface area contributed by atoms with Crippen LogP contribution in [0, 0.1) is 11.7 Å². The van der Waals surface area contributed by atoms with Gasteiger partial charge in [0, 0.05) is 25.2 Å². The first-order chi connectivity index (χ1) is 18.0. The Labute approximate surface area is 216 Å². The summed E-state index contributed by atoms with van der Waals surface area (Å²) in [6, 6.07) is 6.06. The van der Waals surface area contributed by atoms with Gasteiger partial charge in [-0.15, -0.1) is 0 Å². The Morgan fingerprint density at radius 3 is 2.42 bits per heavy atom. The highest BCUT2D eigenvalue weighted by Crippen LogP contribution is 2.35. The Morgan fingerprint density at radius 2 is 1.74 bits per heavy atom. The molecule has 0 unspecified atom stereocenters. The third kappa shape index (κ3) is 6.93. The van der Waals surface area contributed by atoms with E-state index in [1.807, 2.05) is 0 Å². The molecule has 204 valence electrons. The first-order valence-corrected chi connectivity index (χ1v) is 12.2. The zero-order valence-corrected chi connectivity index (χ0v) is 20.3. The number of fused-ring (bicyclic) bond motifs is 1. The quantitative estimate of drug-likeness (QED) is 0.405. The molecule has 1 heterocycles. The third-order valence-electron chi connectivity index (χ3n) is 6.79. The SMILES string of the molecule is O=C(O)CC1CCC(OC(=O)N2CCc3cc(NC(=O)Nc4ccc(F)cc4C(F)(F)F)ccc3C2)CC1. The highest BCUT2D eigenvalue weighted by Gasteiger charge is 2.34. The first-order valence-electron chi connectivity index (χ1n) is 12.2. The van der Waals surface area contributed by atoms with Gasteiger partial charge in [0.05, 0.1) is 11.3 Å². The number of nitrogens with one attached hydrogen (secondary N) is 2. The fourth-order valence-corrected chi connectivity index (χ4v) is 4.85. The summed E-state index contributed by atoms with van der Waals surface area (Å²) in [5.74, 6) is -1.78. The van der Waals surface area contributed by atoms with Crippen LogP contribution in [0.15, 0.2) is 36.4 Å². The number of anilines is 2. The molecule has 0 saturated heterocycles. The third-order valence-corrected chi connectivity index (χ3v) is 6.79. The minimum Gasteiger partial charge on any atom is -0.481 e. The number of amides is 3. The van der Waals surface area contributed by atoms with E-state index in [0.29, 0.717) is 56.9 Å². The van der Waals surface area contributed by atoms with Crippen LogP contribution in [0.2, 0.25) is 0 Å². The normalized spacial score (nSPS) is 19.3. The average Bonchev–Trinajstić information content (AvgIpc) is 2.85. The van der Waals surface area contributed by atoms with Crippen LogP contribution in [0.4, 0.5) is 38.5 Å². The van der Waals surface area contributed by atoms with E-state index in [1.54, 1.807) is 23.1 Å². The van der Waals surface area contributed by atoms with E-state index in [9.17, 15) is 31.9 Å². The lowest BCUT2D eigenvalue weighted by molar-refractivity contribution is -0.139. The second-order valence-electron chi connectivity index (χ2n) is 9.55. The number of benzene rings is 2. The Hall–Kier alpha value is -3.83. The van der Waals surface area contributed by atoms with E-state index in [0.717, 1.165) is 23.3 Å². The number of carboxylic acid groups (broad SMARTS) is 1. The van der Waals surface area contributed by atoms with E-state index in [-0.39, 0.29) is 18.4 Å². The smallest absolute Gasteiger partial charge is 0.418 e. The molecule has 0 aromatic heterocycles. The number of nitrogens with zero attached hydrogens (tertiary/aromatic N) is 1. The molecule has 1 fully saturated rings. The molecule has 1 aliphatic heterocycles. The average molecular weight is 538 g/mol. The highest BCUT2D eigenvalue weighted by atomic mass is 19.4. The van der Waals surface area contributed by atoms with Crippen molar-refractivity contribution in [3.63, 3.8) is 0 Å². The lowest BCUT2D eigenvalue weighted by atomic mass is 9.85. The molecule has 0 bridgehead atoms. The van der Waals surface area contributed by atoms with Crippen LogP contribution in [0.25, 0.3) is 0 Å². The summed E-state index contributed by atoms with van der Waals surface area (Å²) < 4.78 is 58.5. The predicted molar refractivity (Wildman–Crippen MR) is 129 cm³/mol. The van der Waals surface area contributed by atoms with Gasteiger partial charge in [-0.3, -0.25) is 4.79 Å². The molecule has 2 aromatic carbocycles. The van der Waals surface area contributed by atoms with Crippen LogP contribution in [0.1, 0.15) is 48.8 Å². The van der Waals surface area contributed by atoms with Crippen molar-refractivity contribution < 1.29 is 41.8 Å². The van der Waals surface area contributed by atoms with Crippen LogP contribution in [-0.4, -0.2) is 40.7 Å². The van der Waals surface area contributed by atoms with E-state index in [2.05, 4.69) is 10.6 Å². The molecule has 0 radical (unpaired) electrons. The maximum atomic E-state index is 13.3. The lowest BCUT2D eigenvalue weighted by Gasteiger charge is -2.32. The fraction of sp³-hybridized carbons (Fsp3) is 0.423. The van der Waals surface area contributed by atoms with Gasteiger partial charge in [0.1, 0.15) is 11.9 Å². The molecular weight excluding hydrogens is 510 g/mol. The molecule has 2 aromatic rings. The van der Waals surface area contributed by atoms with Crippen molar-refractivity contribution in [2.45, 2.75) is 57.3 Å².